The van der Waals surface area contributed by atoms with Crippen LogP contribution >= 0.6 is 15.9 Å². The molecule has 1 aliphatic heterocycles. The van der Waals surface area contributed by atoms with E-state index in [2.05, 4.69) is 15.9 Å². The number of aliphatic hydroxyl groups is 1. The zero-order valence-corrected chi connectivity index (χ0v) is 13.2. The van der Waals surface area contributed by atoms with Crippen LogP contribution in [0.2, 0.25) is 0 Å². The van der Waals surface area contributed by atoms with E-state index in [4.69, 9.17) is 0 Å². The van der Waals surface area contributed by atoms with Crippen LogP contribution in [0.5, 0.6) is 0 Å². The number of β-amino-alcohol motifs (C(OH)–C–C–N with tert-alkyl or cyclic N) is 1. The zero-order valence-electron chi connectivity index (χ0n) is 10.8. The molecule has 1 N–H and O–H groups in total. The van der Waals surface area contributed by atoms with E-state index in [1.54, 1.807) is 12.1 Å². The summed E-state index contributed by atoms with van der Waals surface area (Å²) in [7, 11) is -3.35. The van der Waals surface area contributed by atoms with Gasteiger partial charge in [0.1, 0.15) is 0 Å². The largest absolute Gasteiger partial charge is 0.391 e. The molecule has 0 saturated carbocycles. The lowest BCUT2D eigenvalue weighted by molar-refractivity contribution is 0.0604. The van der Waals surface area contributed by atoms with Gasteiger partial charge in [-0.15, -0.1) is 0 Å². The van der Waals surface area contributed by atoms with Gasteiger partial charge in [0.2, 0.25) is 10.0 Å². The smallest absolute Gasteiger partial charge is 0.218 e. The number of nitrogens with zero attached hydrogens (tertiary/aromatic N) is 1. The summed E-state index contributed by atoms with van der Waals surface area (Å²) >= 11 is 3.32. The van der Waals surface area contributed by atoms with Crippen LogP contribution in [0.4, 0.5) is 0 Å². The molecular weight excluding hydrogens is 330 g/mol. The molecule has 0 aromatic heterocycles. The third kappa shape index (κ3) is 3.78. The van der Waals surface area contributed by atoms with Gasteiger partial charge in [-0.2, -0.15) is 4.31 Å². The Morgan fingerprint density at radius 1 is 1.37 bits per heavy atom. The van der Waals surface area contributed by atoms with Gasteiger partial charge in [0.15, 0.2) is 0 Å². The number of halogens is 1. The molecule has 1 aliphatic rings. The molecule has 1 heterocycles. The minimum absolute atomic E-state index is 0.0125. The molecule has 2 atom stereocenters. The van der Waals surface area contributed by atoms with Crippen molar-refractivity contribution < 1.29 is 13.5 Å². The Hall–Kier alpha value is -0.430. The summed E-state index contributed by atoms with van der Waals surface area (Å²) in [6, 6.07) is 7.26. The van der Waals surface area contributed by atoms with E-state index in [0.717, 1.165) is 10.0 Å². The molecule has 0 spiro atoms. The predicted octanol–water partition coefficient (Wildman–Crippen LogP) is 1.98. The van der Waals surface area contributed by atoms with Crippen LogP contribution in [0.15, 0.2) is 28.7 Å². The fraction of sp³-hybridized carbons (Fsp3) is 0.538. The molecule has 0 bridgehead atoms. The van der Waals surface area contributed by atoms with Crippen molar-refractivity contribution >= 4 is 26.0 Å². The highest BCUT2D eigenvalue weighted by atomic mass is 79.9. The van der Waals surface area contributed by atoms with Crippen LogP contribution in [0.1, 0.15) is 18.9 Å². The summed E-state index contributed by atoms with van der Waals surface area (Å²) in [4.78, 5) is 0. The summed E-state index contributed by atoms with van der Waals surface area (Å²) < 4.78 is 26.9. The lowest BCUT2D eigenvalue weighted by Crippen LogP contribution is -2.46. The summed E-state index contributed by atoms with van der Waals surface area (Å²) in [5.41, 5.74) is 0.760. The Bertz CT molecular complexity index is 529. The van der Waals surface area contributed by atoms with E-state index in [1.165, 1.54) is 4.31 Å². The number of piperidine rings is 1. The average Bonchev–Trinajstić information content (AvgIpc) is 2.35. The summed E-state index contributed by atoms with van der Waals surface area (Å²) in [5.74, 6) is 0.153. The summed E-state index contributed by atoms with van der Waals surface area (Å²) in [5, 5.41) is 9.80. The van der Waals surface area contributed by atoms with Crippen molar-refractivity contribution in [2.75, 3.05) is 13.1 Å². The van der Waals surface area contributed by atoms with E-state index in [1.807, 2.05) is 19.1 Å². The molecule has 1 fully saturated rings. The van der Waals surface area contributed by atoms with Crippen molar-refractivity contribution in [2.45, 2.75) is 25.2 Å². The minimum atomic E-state index is -3.35. The quantitative estimate of drug-likeness (QED) is 0.909. The van der Waals surface area contributed by atoms with Gasteiger partial charge in [-0.05, 0) is 30.0 Å². The van der Waals surface area contributed by atoms with Gasteiger partial charge in [0.25, 0.3) is 0 Å². The van der Waals surface area contributed by atoms with Gasteiger partial charge >= 0.3 is 0 Å². The maximum atomic E-state index is 12.3. The second-order valence-electron chi connectivity index (χ2n) is 5.07. The molecule has 1 aromatic rings. The van der Waals surface area contributed by atoms with Gasteiger partial charge in [0, 0.05) is 17.6 Å². The highest BCUT2D eigenvalue weighted by Crippen LogP contribution is 2.22. The van der Waals surface area contributed by atoms with E-state index in [0.29, 0.717) is 13.0 Å². The topological polar surface area (TPSA) is 57.6 Å². The van der Waals surface area contributed by atoms with Crippen molar-refractivity contribution in [1.29, 1.82) is 0 Å². The van der Waals surface area contributed by atoms with E-state index >= 15 is 0 Å². The number of hydrogen-bond acceptors (Lipinski definition) is 3. The first-order valence-corrected chi connectivity index (χ1v) is 8.69. The molecule has 6 heteroatoms. The molecule has 0 amide bonds. The first-order valence-electron chi connectivity index (χ1n) is 6.29. The fourth-order valence-corrected chi connectivity index (χ4v) is 3.98. The van der Waals surface area contributed by atoms with Gasteiger partial charge < -0.3 is 5.11 Å². The Labute approximate surface area is 122 Å². The van der Waals surface area contributed by atoms with Crippen LogP contribution in [0, 0.1) is 5.92 Å². The standard InChI is InChI=1S/C13H18BrNO3S/c1-10-6-7-15(8-13(10)16)19(17,18)9-11-2-4-12(14)5-3-11/h2-5,10,13,16H,6-9H2,1H3. The molecule has 2 unspecified atom stereocenters. The highest BCUT2D eigenvalue weighted by Gasteiger charge is 2.31. The first kappa shape index (κ1) is 15.0. The highest BCUT2D eigenvalue weighted by molar-refractivity contribution is 9.10. The van der Waals surface area contributed by atoms with E-state index in [-0.39, 0.29) is 18.2 Å². The van der Waals surface area contributed by atoms with Crippen LogP contribution in [-0.4, -0.2) is 37.0 Å². The van der Waals surface area contributed by atoms with Crippen molar-refractivity contribution in [3.05, 3.63) is 34.3 Å². The second-order valence-corrected chi connectivity index (χ2v) is 7.96. The summed E-state index contributed by atoms with van der Waals surface area (Å²) in [6.07, 6.45) is 0.147. The lowest BCUT2D eigenvalue weighted by atomic mass is 9.98. The normalized spacial score (nSPS) is 25.4. The Kier molecular flexibility index (Phi) is 4.66. The van der Waals surface area contributed by atoms with E-state index < -0.39 is 16.1 Å². The van der Waals surface area contributed by atoms with Crippen LogP contribution < -0.4 is 0 Å². The molecule has 4 nitrogen and oxygen atoms in total. The number of rotatable bonds is 3. The molecular formula is C13H18BrNO3S. The fourth-order valence-electron chi connectivity index (χ4n) is 2.16. The van der Waals surface area contributed by atoms with E-state index in [9.17, 15) is 13.5 Å². The molecule has 0 radical (unpaired) electrons. The number of hydrogen-bond donors (Lipinski definition) is 1. The zero-order chi connectivity index (χ0) is 14.0. The SMILES string of the molecule is CC1CCN(S(=O)(=O)Cc2ccc(Br)cc2)CC1O. The van der Waals surface area contributed by atoms with Crippen LogP contribution in [0.25, 0.3) is 0 Å². The van der Waals surface area contributed by atoms with Crippen LogP contribution in [-0.2, 0) is 15.8 Å². The summed E-state index contributed by atoms with van der Waals surface area (Å²) in [6.45, 7) is 2.65. The third-order valence-corrected chi connectivity index (χ3v) is 5.88. The monoisotopic (exact) mass is 347 g/mol. The molecule has 0 aliphatic carbocycles. The Morgan fingerprint density at radius 2 is 2.00 bits per heavy atom. The van der Waals surface area contributed by atoms with Gasteiger partial charge in [-0.3, -0.25) is 0 Å². The number of sulfonamides is 1. The van der Waals surface area contributed by atoms with Crippen molar-refractivity contribution in [1.82, 2.24) is 4.31 Å². The van der Waals surface area contributed by atoms with Gasteiger partial charge in [-0.1, -0.05) is 35.0 Å². The maximum absolute atomic E-state index is 12.3. The van der Waals surface area contributed by atoms with Crippen molar-refractivity contribution in [2.24, 2.45) is 5.92 Å². The Morgan fingerprint density at radius 3 is 2.58 bits per heavy atom. The second kappa shape index (κ2) is 5.91. The number of benzene rings is 1. The predicted molar refractivity (Wildman–Crippen MR) is 78.1 cm³/mol. The number of aliphatic hydroxyl groups excluding tert-OH is 1. The first-order chi connectivity index (χ1) is 8.88. The van der Waals surface area contributed by atoms with Crippen LogP contribution in [0.3, 0.4) is 0 Å². The third-order valence-electron chi connectivity index (χ3n) is 3.54. The minimum Gasteiger partial charge on any atom is -0.391 e. The van der Waals surface area contributed by atoms with Crippen molar-refractivity contribution in [3.8, 4) is 0 Å². The molecule has 2 rings (SSSR count). The van der Waals surface area contributed by atoms with Crippen molar-refractivity contribution in [3.63, 3.8) is 0 Å². The van der Waals surface area contributed by atoms with Gasteiger partial charge in [0.05, 0.1) is 11.9 Å². The molecule has 106 valence electrons. The molecule has 19 heavy (non-hydrogen) atoms. The average molecular weight is 348 g/mol. The maximum Gasteiger partial charge on any atom is 0.218 e. The Balaban J connectivity index is 2.08. The molecule has 1 saturated heterocycles. The molecule has 1 aromatic carbocycles. The lowest BCUT2D eigenvalue weighted by Gasteiger charge is -2.33. The van der Waals surface area contributed by atoms with Gasteiger partial charge in [-0.25, -0.2) is 8.42 Å².